The zero-order valence-electron chi connectivity index (χ0n) is 16.7. The summed E-state index contributed by atoms with van der Waals surface area (Å²) in [6.45, 7) is 3.79. The second kappa shape index (κ2) is 9.47. The van der Waals surface area contributed by atoms with Crippen molar-refractivity contribution < 1.29 is 19.1 Å². The maximum Gasteiger partial charge on any atom is 0.223 e. The van der Waals surface area contributed by atoms with Gasteiger partial charge >= 0.3 is 0 Å². The Morgan fingerprint density at radius 2 is 1.79 bits per heavy atom. The second-order valence-electron chi connectivity index (χ2n) is 8.35. The van der Waals surface area contributed by atoms with Gasteiger partial charge in [0.25, 0.3) is 0 Å². The Morgan fingerprint density at radius 3 is 2.52 bits per heavy atom. The Hall–Kier alpha value is -1.60. The Bertz CT molecular complexity index is 733. The molecular weight excluding hydrogens is 436 g/mol. The Labute approximate surface area is 180 Å². The minimum atomic E-state index is -0.0701. The van der Waals surface area contributed by atoms with Crippen molar-refractivity contribution in [3.63, 3.8) is 0 Å². The maximum absolute atomic E-state index is 12.9. The lowest BCUT2D eigenvalue weighted by Crippen LogP contribution is -2.50. The van der Waals surface area contributed by atoms with Crippen molar-refractivity contribution in [2.75, 3.05) is 39.4 Å². The standard InChI is InChI=1S/C22H29BrN2O4/c23-18-2-1-3-19(14-18)29-20-6-7-25(21(26)12-16-4-5-16)15-17(20)13-22(27)24-8-10-28-11-9-24/h1-3,14,16-17,20H,4-13,15H2/t17-,20-/m0/s1. The first-order chi connectivity index (χ1) is 14.1. The van der Waals surface area contributed by atoms with Crippen molar-refractivity contribution in [2.45, 2.75) is 38.2 Å². The van der Waals surface area contributed by atoms with E-state index in [4.69, 9.17) is 9.47 Å². The van der Waals surface area contributed by atoms with Gasteiger partial charge in [-0.3, -0.25) is 9.59 Å². The molecule has 6 nitrogen and oxygen atoms in total. The summed E-state index contributed by atoms with van der Waals surface area (Å²) in [6, 6.07) is 7.80. The Morgan fingerprint density at radius 1 is 1.03 bits per heavy atom. The molecule has 2 aliphatic heterocycles. The predicted octanol–water partition coefficient (Wildman–Crippen LogP) is 3.09. The van der Waals surface area contributed by atoms with Crippen LogP contribution in [0.2, 0.25) is 0 Å². The molecule has 1 aliphatic carbocycles. The summed E-state index contributed by atoms with van der Waals surface area (Å²) >= 11 is 3.49. The van der Waals surface area contributed by atoms with Crippen LogP contribution in [0.3, 0.4) is 0 Å². The van der Waals surface area contributed by atoms with Crippen molar-refractivity contribution in [2.24, 2.45) is 11.8 Å². The molecule has 1 aromatic rings. The molecule has 0 radical (unpaired) electrons. The largest absolute Gasteiger partial charge is 0.490 e. The normalized spacial score (nSPS) is 25.0. The van der Waals surface area contributed by atoms with E-state index in [9.17, 15) is 9.59 Å². The summed E-state index contributed by atoms with van der Waals surface area (Å²) in [7, 11) is 0. The van der Waals surface area contributed by atoms with Crippen LogP contribution in [0.4, 0.5) is 0 Å². The van der Waals surface area contributed by atoms with E-state index in [0.29, 0.717) is 58.2 Å². The first kappa shape index (κ1) is 20.7. The van der Waals surface area contributed by atoms with Crippen LogP contribution in [0.1, 0.15) is 32.1 Å². The van der Waals surface area contributed by atoms with Crippen molar-refractivity contribution >= 4 is 27.7 Å². The van der Waals surface area contributed by atoms with Crippen LogP contribution in [0, 0.1) is 11.8 Å². The fourth-order valence-corrected chi connectivity index (χ4v) is 4.55. The fraction of sp³-hybridized carbons (Fsp3) is 0.636. The summed E-state index contributed by atoms with van der Waals surface area (Å²) in [4.78, 5) is 29.4. The number of piperidine rings is 1. The van der Waals surface area contributed by atoms with E-state index in [1.807, 2.05) is 34.1 Å². The lowest BCUT2D eigenvalue weighted by atomic mass is 9.90. The molecule has 1 aromatic carbocycles. The van der Waals surface area contributed by atoms with Crippen LogP contribution in [0.5, 0.6) is 5.75 Å². The summed E-state index contributed by atoms with van der Waals surface area (Å²) in [5.41, 5.74) is 0. The molecule has 0 bridgehead atoms. The van der Waals surface area contributed by atoms with Crippen molar-refractivity contribution in [3.05, 3.63) is 28.7 Å². The number of likely N-dealkylation sites (tertiary alicyclic amines) is 1. The summed E-state index contributed by atoms with van der Waals surface area (Å²) in [6.07, 6.45) is 4.09. The van der Waals surface area contributed by atoms with Gasteiger partial charge in [0.05, 0.1) is 13.2 Å². The monoisotopic (exact) mass is 464 g/mol. The van der Waals surface area contributed by atoms with Gasteiger partial charge in [0.1, 0.15) is 11.9 Å². The lowest BCUT2D eigenvalue weighted by Gasteiger charge is -2.39. The third-order valence-electron chi connectivity index (χ3n) is 6.06. The first-order valence-corrected chi connectivity index (χ1v) is 11.4. The molecule has 2 heterocycles. The Kier molecular flexibility index (Phi) is 6.75. The summed E-state index contributed by atoms with van der Waals surface area (Å²) in [5.74, 6) is 1.74. The number of benzene rings is 1. The number of morpholine rings is 1. The molecule has 2 atom stereocenters. The highest BCUT2D eigenvalue weighted by atomic mass is 79.9. The maximum atomic E-state index is 12.9. The molecule has 4 rings (SSSR count). The minimum absolute atomic E-state index is 0.00114. The minimum Gasteiger partial charge on any atom is -0.490 e. The van der Waals surface area contributed by atoms with E-state index in [2.05, 4.69) is 15.9 Å². The molecule has 0 unspecified atom stereocenters. The van der Waals surface area contributed by atoms with Gasteiger partial charge in [0.2, 0.25) is 11.8 Å². The molecular formula is C22H29BrN2O4. The molecule has 2 saturated heterocycles. The smallest absolute Gasteiger partial charge is 0.223 e. The summed E-state index contributed by atoms with van der Waals surface area (Å²) < 4.78 is 12.6. The highest BCUT2D eigenvalue weighted by molar-refractivity contribution is 9.10. The van der Waals surface area contributed by atoms with Crippen LogP contribution in [-0.2, 0) is 14.3 Å². The number of halogens is 1. The number of hydrogen-bond acceptors (Lipinski definition) is 4. The van der Waals surface area contributed by atoms with Crippen LogP contribution >= 0.6 is 15.9 Å². The van der Waals surface area contributed by atoms with Gasteiger partial charge in [0, 0.05) is 55.8 Å². The van der Waals surface area contributed by atoms with E-state index >= 15 is 0 Å². The second-order valence-corrected chi connectivity index (χ2v) is 9.26. The van der Waals surface area contributed by atoms with Crippen LogP contribution in [0.25, 0.3) is 0 Å². The molecule has 1 saturated carbocycles. The van der Waals surface area contributed by atoms with Gasteiger partial charge in [-0.1, -0.05) is 22.0 Å². The lowest BCUT2D eigenvalue weighted by molar-refractivity contribution is -0.141. The SMILES string of the molecule is O=C(C[C@H]1CN(C(=O)CC2CC2)CC[C@@H]1Oc1cccc(Br)c1)N1CCOCC1. The highest BCUT2D eigenvalue weighted by Crippen LogP contribution is 2.34. The van der Waals surface area contributed by atoms with Gasteiger partial charge < -0.3 is 19.3 Å². The van der Waals surface area contributed by atoms with Crippen molar-refractivity contribution in [1.29, 1.82) is 0 Å². The number of carbonyl (C=O) groups is 2. The van der Waals surface area contributed by atoms with E-state index in [-0.39, 0.29) is 23.8 Å². The predicted molar refractivity (Wildman–Crippen MR) is 113 cm³/mol. The average Bonchev–Trinajstić information content (AvgIpc) is 3.54. The van der Waals surface area contributed by atoms with E-state index in [1.165, 1.54) is 12.8 Å². The summed E-state index contributed by atoms with van der Waals surface area (Å²) in [5, 5.41) is 0. The van der Waals surface area contributed by atoms with E-state index in [1.54, 1.807) is 0 Å². The third kappa shape index (κ3) is 5.72. The zero-order valence-corrected chi connectivity index (χ0v) is 18.3. The highest BCUT2D eigenvalue weighted by Gasteiger charge is 2.36. The number of nitrogens with zero attached hydrogens (tertiary/aromatic N) is 2. The topological polar surface area (TPSA) is 59.1 Å². The van der Waals surface area contributed by atoms with Crippen molar-refractivity contribution in [3.8, 4) is 5.75 Å². The number of hydrogen-bond donors (Lipinski definition) is 0. The molecule has 0 aromatic heterocycles. The van der Waals surface area contributed by atoms with Crippen LogP contribution in [0.15, 0.2) is 28.7 Å². The van der Waals surface area contributed by atoms with Gasteiger partial charge in [-0.2, -0.15) is 0 Å². The molecule has 3 fully saturated rings. The molecule has 158 valence electrons. The molecule has 7 heteroatoms. The zero-order chi connectivity index (χ0) is 20.2. The Balaban J connectivity index is 1.43. The molecule has 3 aliphatic rings. The van der Waals surface area contributed by atoms with Gasteiger partial charge in [-0.15, -0.1) is 0 Å². The third-order valence-corrected chi connectivity index (χ3v) is 6.55. The van der Waals surface area contributed by atoms with Crippen LogP contribution < -0.4 is 4.74 Å². The molecule has 0 spiro atoms. The average molecular weight is 465 g/mol. The number of rotatable bonds is 6. The van der Waals surface area contributed by atoms with Crippen LogP contribution in [-0.4, -0.2) is 67.1 Å². The molecule has 29 heavy (non-hydrogen) atoms. The van der Waals surface area contributed by atoms with Gasteiger partial charge in [-0.05, 0) is 37.0 Å². The number of ether oxygens (including phenoxy) is 2. The van der Waals surface area contributed by atoms with Gasteiger partial charge in [0.15, 0.2) is 0 Å². The first-order valence-electron chi connectivity index (χ1n) is 10.6. The molecule has 0 N–H and O–H groups in total. The van der Waals surface area contributed by atoms with Gasteiger partial charge in [-0.25, -0.2) is 0 Å². The van der Waals surface area contributed by atoms with Crippen molar-refractivity contribution in [1.82, 2.24) is 9.80 Å². The number of amides is 2. The fourth-order valence-electron chi connectivity index (χ4n) is 4.17. The van der Waals surface area contributed by atoms with E-state index < -0.39 is 0 Å². The molecule has 2 amide bonds. The quantitative estimate of drug-likeness (QED) is 0.648. The number of carbonyl (C=O) groups excluding carboxylic acids is 2. The van der Waals surface area contributed by atoms with E-state index in [0.717, 1.165) is 16.6 Å².